The second-order valence-electron chi connectivity index (χ2n) is 6.19. The Hall–Kier alpha value is -2.68. The molecule has 1 aromatic heterocycles. The van der Waals surface area contributed by atoms with Crippen LogP contribution in [0.15, 0.2) is 12.3 Å². The molecule has 1 saturated heterocycles. The first-order valence-electron chi connectivity index (χ1n) is 8.65. The van der Waals surface area contributed by atoms with Crippen LogP contribution in [0.1, 0.15) is 30.6 Å². The number of carboxylic acid groups (broad SMARTS) is 1. The number of nitrogens with zero attached hydrogens (tertiary/aromatic N) is 3. The summed E-state index contributed by atoms with van der Waals surface area (Å²) in [5.74, 6) is -1.00. The first-order valence-corrected chi connectivity index (χ1v) is 8.65. The van der Waals surface area contributed by atoms with Crippen LogP contribution >= 0.6 is 0 Å². The molecule has 26 heavy (non-hydrogen) atoms. The average Bonchev–Trinajstić information content (AvgIpc) is 2.60. The molecule has 0 atom stereocenters. The summed E-state index contributed by atoms with van der Waals surface area (Å²) in [4.78, 5) is 42.7. The van der Waals surface area contributed by atoms with Crippen LogP contribution < -0.4 is 15.5 Å². The van der Waals surface area contributed by atoms with Crippen molar-refractivity contribution in [2.75, 3.05) is 49.5 Å². The van der Waals surface area contributed by atoms with Crippen molar-refractivity contribution in [1.29, 1.82) is 0 Å². The van der Waals surface area contributed by atoms with Crippen molar-refractivity contribution in [3.05, 3.63) is 17.8 Å². The highest BCUT2D eigenvalue weighted by Crippen LogP contribution is 2.22. The highest BCUT2D eigenvalue weighted by Gasteiger charge is 2.24. The van der Waals surface area contributed by atoms with Crippen LogP contribution in [0.4, 0.5) is 11.5 Å². The predicted octanol–water partition coefficient (Wildman–Crippen LogP) is 0.386. The third-order valence-corrected chi connectivity index (χ3v) is 4.03. The van der Waals surface area contributed by atoms with E-state index in [-0.39, 0.29) is 17.4 Å². The normalized spacial score (nSPS) is 14.8. The Labute approximate surface area is 152 Å². The van der Waals surface area contributed by atoms with Gasteiger partial charge in [-0.05, 0) is 12.5 Å². The van der Waals surface area contributed by atoms with E-state index in [0.717, 1.165) is 6.42 Å². The Morgan fingerprint density at radius 3 is 2.50 bits per heavy atom. The molecule has 0 unspecified atom stereocenters. The molecule has 0 radical (unpaired) electrons. The van der Waals surface area contributed by atoms with E-state index >= 15 is 0 Å². The van der Waals surface area contributed by atoms with E-state index in [2.05, 4.69) is 15.6 Å². The topological polar surface area (TPSA) is 115 Å². The van der Waals surface area contributed by atoms with Gasteiger partial charge >= 0.3 is 5.97 Å². The van der Waals surface area contributed by atoms with Crippen molar-refractivity contribution in [2.24, 2.45) is 0 Å². The van der Waals surface area contributed by atoms with Crippen LogP contribution in [0, 0.1) is 0 Å². The Kier molecular flexibility index (Phi) is 6.90. The molecule has 1 aliphatic heterocycles. The van der Waals surface area contributed by atoms with Gasteiger partial charge in [-0.25, -0.2) is 9.78 Å². The highest BCUT2D eigenvalue weighted by atomic mass is 16.4. The molecular weight excluding hydrogens is 338 g/mol. The molecule has 0 bridgehead atoms. The van der Waals surface area contributed by atoms with Crippen molar-refractivity contribution >= 4 is 29.3 Å². The summed E-state index contributed by atoms with van der Waals surface area (Å²) < 4.78 is 0. The van der Waals surface area contributed by atoms with Gasteiger partial charge in [0.2, 0.25) is 11.8 Å². The number of carbonyl (C=O) groups is 3. The van der Waals surface area contributed by atoms with Crippen LogP contribution in [-0.4, -0.2) is 72.0 Å². The number of amides is 2. The molecule has 2 heterocycles. The molecule has 0 spiro atoms. The van der Waals surface area contributed by atoms with Gasteiger partial charge in [-0.2, -0.15) is 0 Å². The van der Waals surface area contributed by atoms with Crippen LogP contribution in [0.5, 0.6) is 0 Å². The van der Waals surface area contributed by atoms with Gasteiger partial charge in [0.15, 0.2) is 0 Å². The largest absolute Gasteiger partial charge is 0.478 e. The molecule has 1 fully saturated rings. The zero-order valence-corrected chi connectivity index (χ0v) is 15.1. The van der Waals surface area contributed by atoms with Crippen molar-refractivity contribution < 1.29 is 19.5 Å². The molecule has 0 aromatic carbocycles. The van der Waals surface area contributed by atoms with Gasteiger partial charge in [-0.3, -0.25) is 14.5 Å². The summed E-state index contributed by atoms with van der Waals surface area (Å²) in [6.07, 6.45) is 2.35. The molecule has 0 saturated carbocycles. The van der Waals surface area contributed by atoms with E-state index in [1.165, 1.54) is 19.2 Å². The Bertz CT molecular complexity index is 671. The zero-order valence-electron chi connectivity index (χ0n) is 15.1. The summed E-state index contributed by atoms with van der Waals surface area (Å²) in [7, 11) is 0. The summed E-state index contributed by atoms with van der Waals surface area (Å²) in [5.41, 5.74) is 0.398. The summed E-state index contributed by atoms with van der Waals surface area (Å²) in [6.45, 7) is 6.82. The Morgan fingerprint density at radius 1 is 1.23 bits per heavy atom. The van der Waals surface area contributed by atoms with Crippen LogP contribution in [0.3, 0.4) is 0 Å². The van der Waals surface area contributed by atoms with Crippen LogP contribution in [0.25, 0.3) is 0 Å². The first kappa shape index (κ1) is 19.6. The summed E-state index contributed by atoms with van der Waals surface area (Å²) >= 11 is 0. The second kappa shape index (κ2) is 9.14. The van der Waals surface area contributed by atoms with Crippen molar-refractivity contribution in [3.63, 3.8) is 0 Å². The van der Waals surface area contributed by atoms with E-state index in [1.807, 2.05) is 16.7 Å². The third kappa shape index (κ3) is 5.41. The van der Waals surface area contributed by atoms with Gasteiger partial charge in [0.25, 0.3) is 0 Å². The van der Waals surface area contributed by atoms with Crippen LogP contribution in [-0.2, 0) is 9.59 Å². The molecule has 3 N–H and O–H groups in total. The molecule has 9 heteroatoms. The molecule has 1 aliphatic rings. The lowest BCUT2D eigenvalue weighted by atomic mass is 10.2. The number of hydrogen-bond donors (Lipinski definition) is 3. The Balaban J connectivity index is 2.01. The highest BCUT2D eigenvalue weighted by molar-refractivity contribution is 5.96. The number of anilines is 2. The molecule has 1 aromatic rings. The Morgan fingerprint density at radius 2 is 1.92 bits per heavy atom. The van der Waals surface area contributed by atoms with Gasteiger partial charge in [0, 0.05) is 39.6 Å². The SMILES string of the molecule is CCCNC(=O)CN1CCN(c2ncc(NC(C)=O)cc2C(=O)O)CC1. The fraction of sp³-hybridized carbons (Fsp3) is 0.529. The monoisotopic (exact) mass is 363 g/mol. The lowest BCUT2D eigenvalue weighted by molar-refractivity contribution is -0.122. The van der Waals surface area contributed by atoms with E-state index in [0.29, 0.717) is 50.8 Å². The molecule has 2 amide bonds. The maximum Gasteiger partial charge on any atom is 0.339 e. The van der Waals surface area contributed by atoms with Crippen molar-refractivity contribution in [1.82, 2.24) is 15.2 Å². The number of pyridine rings is 1. The smallest absolute Gasteiger partial charge is 0.339 e. The van der Waals surface area contributed by atoms with Gasteiger partial charge in [0.05, 0.1) is 18.4 Å². The van der Waals surface area contributed by atoms with Crippen LogP contribution in [0.2, 0.25) is 0 Å². The van der Waals surface area contributed by atoms with E-state index in [9.17, 15) is 19.5 Å². The number of carbonyl (C=O) groups excluding carboxylic acids is 2. The standard InChI is InChI=1S/C17H25N5O4/c1-3-4-18-15(24)11-21-5-7-22(8-6-21)16-14(17(25)26)9-13(10-19-16)20-12(2)23/h9-10H,3-8,11H2,1-2H3,(H,18,24)(H,20,23)(H,25,26). The van der Waals surface area contributed by atoms with Gasteiger partial charge < -0.3 is 20.6 Å². The minimum atomic E-state index is -1.10. The average molecular weight is 363 g/mol. The number of aromatic nitrogens is 1. The van der Waals surface area contributed by atoms with Crippen molar-refractivity contribution in [3.8, 4) is 0 Å². The number of hydrogen-bond acceptors (Lipinski definition) is 6. The lowest BCUT2D eigenvalue weighted by Crippen LogP contribution is -2.50. The molecule has 0 aliphatic carbocycles. The zero-order chi connectivity index (χ0) is 19.1. The third-order valence-electron chi connectivity index (χ3n) is 4.03. The maximum atomic E-state index is 11.8. The molecule has 142 valence electrons. The van der Waals surface area contributed by atoms with E-state index in [4.69, 9.17) is 0 Å². The summed E-state index contributed by atoms with van der Waals surface area (Å²) in [6, 6.07) is 1.41. The predicted molar refractivity (Wildman–Crippen MR) is 97.5 cm³/mol. The number of aromatic carboxylic acids is 1. The number of rotatable bonds is 7. The minimum Gasteiger partial charge on any atom is -0.478 e. The first-order chi connectivity index (χ1) is 12.4. The summed E-state index contributed by atoms with van der Waals surface area (Å²) in [5, 5.41) is 14.9. The number of carboxylic acids is 1. The van der Waals surface area contributed by atoms with Gasteiger partial charge in [-0.15, -0.1) is 0 Å². The quantitative estimate of drug-likeness (QED) is 0.642. The number of nitrogens with one attached hydrogen (secondary N) is 2. The minimum absolute atomic E-state index is 0.00399. The van der Waals surface area contributed by atoms with E-state index in [1.54, 1.807) is 0 Å². The molecule has 2 rings (SSSR count). The number of piperazine rings is 1. The van der Waals surface area contributed by atoms with Gasteiger partial charge in [-0.1, -0.05) is 6.92 Å². The maximum absolute atomic E-state index is 11.8. The molecule has 9 nitrogen and oxygen atoms in total. The lowest BCUT2D eigenvalue weighted by Gasteiger charge is -2.35. The van der Waals surface area contributed by atoms with E-state index < -0.39 is 5.97 Å². The van der Waals surface area contributed by atoms with Gasteiger partial charge in [0.1, 0.15) is 11.4 Å². The fourth-order valence-electron chi connectivity index (χ4n) is 2.78. The fourth-order valence-corrected chi connectivity index (χ4v) is 2.78. The van der Waals surface area contributed by atoms with Crippen molar-refractivity contribution in [2.45, 2.75) is 20.3 Å². The second-order valence-corrected chi connectivity index (χ2v) is 6.19. The molecular formula is C17H25N5O4.